The Kier molecular flexibility index (Phi) is 8.14. The molecule has 0 atom stereocenters. The Hall–Kier alpha value is 0.380. The first-order valence-corrected chi connectivity index (χ1v) is 5.28. The zero-order valence-electron chi connectivity index (χ0n) is 7.57. The molecule has 1 aliphatic rings. The molecule has 7 heteroatoms. The van der Waals surface area contributed by atoms with Gasteiger partial charge in [0.05, 0.1) is 11.4 Å². The van der Waals surface area contributed by atoms with Crippen molar-refractivity contribution >= 4 is 53.8 Å². The van der Waals surface area contributed by atoms with E-state index in [1.807, 2.05) is 0 Å². The molecule has 1 heterocycles. The second kappa shape index (κ2) is 6.79. The van der Waals surface area contributed by atoms with E-state index >= 15 is 0 Å². The molecule has 0 bridgehead atoms. The van der Waals surface area contributed by atoms with Crippen LogP contribution in [0.2, 0.25) is 0 Å². The zero-order chi connectivity index (χ0) is 10.6. The molecule has 0 aromatic carbocycles. The van der Waals surface area contributed by atoms with Crippen molar-refractivity contribution in [3.8, 4) is 0 Å². The maximum absolute atomic E-state index is 10.00. The molecule has 1 amide bonds. The average Bonchev–Trinajstić information content (AvgIpc) is 2.38. The summed E-state index contributed by atoms with van der Waals surface area (Å²) in [5, 5.41) is 2.36. The summed E-state index contributed by atoms with van der Waals surface area (Å²) in [5.41, 5.74) is 0.532. The molecule has 0 saturated carbocycles. The van der Waals surface area contributed by atoms with E-state index in [0.717, 1.165) is 0 Å². The second-order valence-electron chi connectivity index (χ2n) is 3.08. The van der Waals surface area contributed by atoms with Crippen molar-refractivity contribution in [1.29, 1.82) is 0 Å². The van der Waals surface area contributed by atoms with Gasteiger partial charge in [0.2, 0.25) is 0 Å². The molecule has 0 aromatic rings. The predicted octanol–water partition coefficient (Wildman–Crippen LogP) is -0.756. The van der Waals surface area contributed by atoms with Gasteiger partial charge < -0.3 is 5.32 Å². The van der Waals surface area contributed by atoms with E-state index in [0.29, 0.717) is 5.70 Å². The number of hydrogen-bond donors (Lipinski definition) is 2. The summed E-state index contributed by atoms with van der Waals surface area (Å²) in [6.07, 6.45) is 0. The van der Waals surface area contributed by atoms with Gasteiger partial charge in [0.1, 0.15) is 0 Å². The molecule has 1 rings (SSSR count). The third-order valence-corrected chi connectivity index (χ3v) is 2.11. The Morgan fingerprint density at radius 1 is 1.50 bits per heavy atom. The van der Waals surface area contributed by atoms with Gasteiger partial charge in [-0.3, -0.25) is 9.35 Å². The van der Waals surface area contributed by atoms with Gasteiger partial charge in [-0.1, -0.05) is 20.4 Å². The van der Waals surface area contributed by atoms with Crippen molar-refractivity contribution in [1.82, 2.24) is 5.32 Å². The molecule has 0 unspecified atom stereocenters. The Balaban J connectivity index is 0. The molecule has 5 nitrogen and oxygen atoms in total. The third kappa shape index (κ3) is 12.4. The molecule has 0 spiro atoms. The maximum atomic E-state index is 10.00. The Morgan fingerprint density at radius 2 is 1.79 bits per heavy atom. The molecule has 0 radical (unpaired) electrons. The van der Waals surface area contributed by atoms with Crippen LogP contribution in [0.4, 0.5) is 0 Å². The molecule has 2 N–H and O–H groups in total. The topological polar surface area (TPSA) is 93.4 Å². The van der Waals surface area contributed by atoms with Crippen LogP contribution >= 0.6 is 0 Å². The molecular formula is C7H15CaNO4S. The first kappa shape index (κ1) is 16.8. The minimum absolute atomic E-state index is 0. The molecule has 80 valence electrons. The van der Waals surface area contributed by atoms with Crippen LogP contribution in [0, 0.1) is 5.92 Å². The van der Waals surface area contributed by atoms with E-state index < -0.39 is 10.1 Å². The summed E-state index contributed by atoms with van der Waals surface area (Å²) in [7, 11) is -3.72. The monoisotopic (exact) mass is 249 g/mol. The van der Waals surface area contributed by atoms with Crippen LogP contribution in [0.5, 0.6) is 0 Å². The van der Waals surface area contributed by atoms with E-state index in [-0.39, 0.29) is 55.3 Å². The average molecular weight is 249 g/mol. The number of carbonyl (C=O) groups excluding carboxylic acids is 1. The fourth-order valence-electron chi connectivity index (χ4n) is 0.527. The number of amides is 1. The van der Waals surface area contributed by atoms with Gasteiger partial charge in [-0.05, 0) is 5.92 Å². The van der Waals surface area contributed by atoms with Gasteiger partial charge >= 0.3 is 37.7 Å². The number of rotatable bonds is 2. The van der Waals surface area contributed by atoms with Crippen LogP contribution < -0.4 is 5.32 Å². The normalized spacial score (nSPS) is 13.7. The third-order valence-electron chi connectivity index (χ3n) is 1.02. The number of hydrogen-bond acceptors (Lipinski definition) is 3. The second-order valence-corrected chi connectivity index (χ2v) is 4.57. The van der Waals surface area contributed by atoms with Crippen LogP contribution in [0.25, 0.3) is 0 Å². The fourth-order valence-corrected chi connectivity index (χ4v) is 1.37. The van der Waals surface area contributed by atoms with E-state index in [4.69, 9.17) is 4.55 Å². The number of nitrogens with one attached hydrogen (secondary N) is 1. The zero-order valence-corrected chi connectivity index (χ0v) is 8.39. The van der Waals surface area contributed by atoms with E-state index in [1.165, 1.54) is 0 Å². The molecule has 0 aliphatic carbocycles. The summed E-state index contributed by atoms with van der Waals surface area (Å²) in [6, 6.07) is 0. The Labute approximate surface area is 114 Å². The van der Waals surface area contributed by atoms with Crippen molar-refractivity contribution in [2.75, 3.05) is 5.75 Å². The van der Waals surface area contributed by atoms with Crippen molar-refractivity contribution in [3.05, 3.63) is 12.3 Å². The van der Waals surface area contributed by atoms with Crippen LogP contribution in [-0.4, -0.2) is 62.4 Å². The van der Waals surface area contributed by atoms with Gasteiger partial charge in [-0.2, -0.15) is 8.42 Å². The Bertz CT molecular complexity index is 298. The molecule has 1 saturated heterocycles. The van der Waals surface area contributed by atoms with Crippen LogP contribution in [-0.2, 0) is 14.9 Å². The van der Waals surface area contributed by atoms with Crippen LogP contribution in [0.1, 0.15) is 13.8 Å². The minimum atomic E-state index is -3.72. The predicted molar refractivity (Wildman–Crippen MR) is 57.1 cm³/mol. The van der Waals surface area contributed by atoms with Crippen molar-refractivity contribution in [2.24, 2.45) is 5.92 Å². The molecule has 0 aromatic heterocycles. The van der Waals surface area contributed by atoms with Crippen LogP contribution in [0.15, 0.2) is 12.3 Å². The van der Waals surface area contributed by atoms with Gasteiger partial charge in [-0.25, -0.2) is 0 Å². The van der Waals surface area contributed by atoms with Crippen LogP contribution in [0.3, 0.4) is 0 Å². The van der Waals surface area contributed by atoms with Gasteiger partial charge in [0.15, 0.2) is 0 Å². The SMILES string of the molecule is C=C1NC1=O.CC(C)CS(=O)(=O)O.[CaH2]. The first-order chi connectivity index (χ1) is 5.72. The number of carbonyl (C=O) groups is 1. The summed E-state index contributed by atoms with van der Waals surface area (Å²) < 4.78 is 28.2. The van der Waals surface area contributed by atoms with E-state index in [9.17, 15) is 13.2 Å². The van der Waals surface area contributed by atoms with Crippen molar-refractivity contribution in [3.63, 3.8) is 0 Å². The summed E-state index contributed by atoms with van der Waals surface area (Å²) in [4.78, 5) is 9.68. The van der Waals surface area contributed by atoms with Crippen molar-refractivity contribution in [2.45, 2.75) is 13.8 Å². The first-order valence-electron chi connectivity index (χ1n) is 3.68. The Morgan fingerprint density at radius 3 is 1.79 bits per heavy atom. The summed E-state index contributed by atoms with van der Waals surface area (Å²) >= 11 is 0. The fraction of sp³-hybridized carbons (Fsp3) is 0.571. The summed E-state index contributed by atoms with van der Waals surface area (Å²) in [5.74, 6) is -0.164. The van der Waals surface area contributed by atoms with Gasteiger partial charge in [-0.15, -0.1) is 0 Å². The quantitative estimate of drug-likeness (QED) is 0.291. The van der Waals surface area contributed by atoms with Crippen molar-refractivity contribution < 1.29 is 17.8 Å². The molecule has 14 heavy (non-hydrogen) atoms. The standard InChI is InChI=1S/C4H10O3S.C3H3NO.Ca.2H/c1-4(2)3-8(5,6)7;1-2-3(5)4-2;;;/h4H,3H2,1-2H3,(H,5,6,7);1H2,(H,4,5);;;. The molecule has 1 fully saturated rings. The van der Waals surface area contributed by atoms with Gasteiger partial charge in [0, 0.05) is 0 Å². The van der Waals surface area contributed by atoms with Gasteiger partial charge in [0.25, 0.3) is 16.0 Å². The molecule has 1 aliphatic heterocycles. The summed E-state index contributed by atoms with van der Waals surface area (Å²) in [6.45, 7) is 6.75. The molecular weight excluding hydrogens is 234 g/mol. The van der Waals surface area contributed by atoms with E-state index in [2.05, 4.69) is 11.9 Å². The van der Waals surface area contributed by atoms with E-state index in [1.54, 1.807) is 13.8 Å².